The molecule has 1 aromatic heterocycles. The van der Waals surface area contributed by atoms with E-state index in [2.05, 4.69) is 41.3 Å². The molecule has 0 radical (unpaired) electrons. The maximum atomic E-state index is 11.0. The largest absolute Gasteiger partial charge is 0.478 e. The maximum Gasteiger partial charge on any atom is 0.335 e. The number of hydrogen-bond donors (Lipinski definition) is 2. The monoisotopic (exact) mass is 450 g/mol. The highest BCUT2D eigenvalue weighted by Crippen LogP contribution is 2.27. The second-order valence-electron chi connectivity index (χ2n) is 8.29. The van der Waals surface area contributed by atoms with Crippen LogP contribution in [0.4, 0.5) is 0 Å². The second-order valence-corrected chi connectivity index (χ2v) is 8.29. The molecule has 0 aliphatic carbocycles. The SMILES string of the molecule is Cc1cc(-c2cccc(/C(CCc3ccc(-c4ccc(C(=O)O)cc4)cc3)=N/O)c2C)ccn1. The highest BCUT2D eigenvalue weighted by atomic mass is 16.4. The summed E-state index contributed by atoms with van der Waals surface area (Å²) in [6.07, 6.45) is 3.14. The number of aryl methyl sites for hydroxylation is 2. The summed E-state index contributed by atoms with van der Waals surface area (Å²) in [5.41, 5.74) is 9.20. The van der Waals surface area contributed by atoms with Crippen molar-refractivity contribution in [3.8, 4) is 22.3 Å². The van der Waals surface area contributed by atoms with E-state index < -0.39 is 5.97 Å². The van der Waals surface area contributed by atoms with Crippen LogP contribution < -0.4 is 0 Å². The van der Waals surface area contributed by atoms with Gasteiger partial charge in [-0.25, -0.2) is 4.79 Å². The fourth-order valence-corrected chi connectivity index (χ4v) is 4.14. The van der Waals surface area contributed by atoms with Crippen molar-refractivity contribution >= 4 is 11.7 Å². The minimum absolute atomic E-state index is 0.273. The molecule has 0 amide bonds. The second kappa shape index (κ2) is 10.1. The molecule has 0 bridgehead atoms. The Kier molecular flexibility index (Phi) is 6.83. The number of carboxylic acids is 1. The van der Waals surface area contributed by atoms with E-state index in [0.29, 0.717) is 12.1 Å². The highest BCUT2D eigenvalue weighted by molar-refractivity contribution is 6.02. The van der Waals surface area contributed by atoms with Gasteiger partial charge in [0.15, 0.2) is 0 Å². The fraction of sp³-hybridized carbons (Fsp3) is 0.138. The van der Waals surface area contributed by atoms with Gasteiger partial charge in [-0.3, -0.25) is 4.98 Å². The van der Waals surface area contributed by atoms with Crippen molar-refractivity contribution in [3.05, 3.63) is 113 Å². The quantitative estimate of drug-likeness (QED) is 0.190. The van der Waals surface area contributed by atoms with Crippen LogP contribution in [0.25, 0.3) is 22.3 Å². The summed E-state index contributed by atoms with van der Waals surface area (Å²) in [4.78, 5) is 15.3. The zero-order valence-electron chi connectivity index (χ0n) is 19.2. The summed E-state index contributed by atoms with van der Waals surface area (Å²) in [6.45, 7) is 4.02. The van der Waals surface area contributed by atoms with Crippen molar-refractivity contribution in [3.63, 3.8) is 0 Å². The average Bonchev–Trinajstić information content (AvgIpc) is 2.85. The molecule has 0 unspecified atom stereocenters. The Morgan fingerprint density at radius 1 is 0.882 bits per heavy atom. The van der Waals surface area contributed by atoms with E-state index >= 15 is 0 Å². The summed E-state index contributed by atoms with van der Waals surface area (Å²) < 4.78 is 0. The molecule has 0 spiro atoms. The number of nitrogens with zero attached hydrogens (tertiary/aromatic N) is 2. The first-order valence-corrected chi connectivity index (χ1v) is 11.1. The van der Waals surface area contributed by atoms with Gasteiger partial charge in [-0.15, -0.1) is 0 Å². The lowest BCUT2D eigenvalue weighted by molar-refractivity contribution is 0.0697. The molecule has 4 aromatic rings. The molecule has 0 fully saturated rings. The first kappa shape index (κ1) is 22.9. The normalized spacial score (nSPS) is 11.4. The Hall–Kier alpha value is -4.25. The average molecular weight is 451 g/mol. The molecule has 0 saturated heterocycles. The lowest BCUT2D eigenvalue weighted by Crippen LogP contribution is -2.06. The number of benzene rings is 3. The van der Waals surface area contributed by atoms with E-state index in [0.717, 1.165) is 51.1 Å². The maximum absolute atomic E-state index is 11.0. The van der Waals surface area contributed by atoms with Crippen LogP contribution in [0, 0.1) is 13.8 Å². The molecule has 34 heavy (non-hydrogen) atoms. The highest BCUT2D eigenvalue weighted by Gasteiger charge is 2.13. The van der Waals surface area contributed by atoms with Crippen LogP contribution in [0.5, 0.6) is 0 Å². The number of aromatic nitrogens is 1. The van der Waals surface area contributed by atoms with Crippen molar-refractivity contribution in [2.24, 2.45) is 5.16 Å². The molecule has 3 aromatic carbocycles. The minimum Gasteiger partial charge on any atom is -0.478 e. The van der Waals surface area contributed by atoms with Gasteiger partial charge in [0, 0.05) is 17.5 Å². The summed E-state index contributed by atoms with van der Waals surface area (Å²) >= 11 is 0. The minimum atomic E-state index is -0.931. The summed E-state index contributed by atoms with van der Waals surface area (Å²) in [5, 5.41) is 22.5. The third-order valence-corrected chi connectivity index (χ3v) is 6.04. The molecule has 5 heteroatoms. The molecule has 0 atom stereocenters. The predicted octanol–water partition coefficient (Wildman–Crippen LogP) is 6.54. The third kappa shape index (κ3) is 5.04. The van der Waals surface area contributed by atoms with Crippen molar-refractivity contribution in [1.82, 2.24) is 4.98 Å². The third-order valence-electron chi connectivity index (χ3n) is 6.04. The van der Waals surface area contributed by atoms with Crippen LogP contribution in [0.15, 0.2) is 90.2 Å². The first-order valence-electron chi connectivity index (χ1n) is 11.1. The smallest absolute Gasteiger partial charge is 0.335 e. The van der Waals surface area contributed by atoms with Crippen LogP contribution in [-0.2, 0) is 6.42 Å². The number of oxime groups is 1. The standard InChI is InChI=1S/C29H26N2O3/c1-19-18-25(16-17-30-19)26-4-3-5-27(20(26)2)28(31-34)15-8-21-6-9-22(10-7-21)23-11-13-24(14-12-23)29(32)33/h3-7,9-14,16-18,34H,8,15H2,1-2H3,(H,32,33)/b31-28+. The van der Waals surface area contributed by atoms with Gasteiger partial charge in [0.2, 0.25) is 0 Å². The van der Waals surface area contributed by atoms with E-state index in [1.807, 2.05) is 55.6 Å². The molecule has 0 saturated carbocycles. The topological polar surface area (TPSA) is 82.8 Å². The molecule has 5 nitrogen and oxygen atoms in total. The Morgan fingerprint density at radius 2 is 1.56 bits per heavy atom. The molecular weight excluding hydrogens is 424 g/mol. The van der Waals surface area contributed by atoms with Crippen molar-refractivity contribution < 1.29 is 15.1 Å². The first-order chi connectivity index (χ1) is 16.5. The number of carboxylic acid groups (broad SMARTS) is 1. The molecule has 1 heterocycles. The van der Waals surface area contributed by atoms with Gasteiger partial charge in [0.25, 0.3) is 0 Å². The zero-order chi connectivity index (χ0) is 24.1. The molecule has 2 N–H and O–H groups in total. The lowest BCUT2D eigenvalue weighted by atomic mass is 9.92. The number of hydrogen-bond acceptors (Lipinski definition) is 4. The van der Waals surface area contributed by atoms with Crippen LogP contribution in [-0.4, -0.2) is 27.0 Å². The van der Waals surface area contributed by atoms with Crippen molar-refractivity contribution in [2.45, 2.75) is 26.7 Å². The van der Waals surface area contributed by atoms with Gasteiger partial charge in [-0.05, 0) is 84.3 Å². The molecule has 170 valence electrons. The van der Waals surface area contributed by atoms with Crippen LogP contribution in [0.2, 0.25) is 0 Å². The molecule has 4 rings (SSSR count). The van der Waals surface area contributed by atoms with Crippen LogP contribution in [0.3, 0.4) is 0 Å². The predicted molar refractivity (Wildman–Crippen MR) is 135 cm³/mol. The molecule has 0 aliphatic rings. The lowest BCUT2D eigenvalue weighted by Gasteiger charge is -2.13. The van der Waals surface area contributed by atoms with Gasteiger partial charge in [0.05, 0.1) is 11.3 Å². The van der Waals surface area contributed by atoms with Gasteiger partial charge in [-0.2, -0.15) is 0 Å². The van der Waals surface area contributed by atoms with E-state index in [1.165, 1.54) is 0 Å². The number of carbonyl (C=O) groups is 1. The van der Waals surface area contributed by atoms with Gasteiger partial charge in [0.1, 0.15) is 0 Å². The zero-order valence-corrected chi connectivity index (χ0v) is 19.2. The van der Waals surface area contributed by atoms with E-state index in [1.54, 1.807) is 12.1 Å². The Bertz CT molecular complexity index is 1340. The van der Waals surface area contributed by atoms with Gasteiger partial charge >= 0.3 is 5.97 Å². The van der Waals surface area contributed by atoms with E-state index in [-0.39, 0.29) is 5.56 Å². The number of pyridine rings is 1. The van der Waals surface area contributed by atoms with Crippen LogP contribution >= 0.6 is 0 Å². The van der Waals surface area contributed by atoms with Crippen molar-refractivity contribution in [1.29, 1.82) is 0 Å². The Balaban J connectivity index is 1.49. The van der Waals surface area contributed by atoms with E-state index in [9.17, 15) is 10.0 Å². The summed E-state index contributed by atoms with van der Waals surface area (Å²) in [7, 11) is 0. The van der Waals surface area contributed by atoms with Crippen molar-refractivity contribution in [2.75, 3.05) is 0 Å². The van der Waals surface area contributed by atoms with Crippen LogP contribution in [0.1, 0.15) is 39.2 Å². The Morgan fingerprint density at radius 3 is 2.18 bits per heavy atom. The number of aromatic carboxylic acids is 1. The molecule has 0 aliphatic heterocycles. The van der Waals surface area contributed by atoms with Gasteiger partial charge < -0.3 is 10.3 Å². The Labute approximate surface area is 199 Å². The molecular formula is C29H26N2O3. The fourth-order valence-electron chi connectivity index (χ4n) is 4.14. The summed E-state index contributed by atoms with van der Waals surface area (Å²) in [5.74, 6) is -0.931. The van der Waals surface area contributed by atoms with E-state index in [4.69, 9.17) is 5.11 Å². The van der Waals surface area contributed by atoms with Gasteiger partial charge in [-0.1, -0.05) is 59.8 Å². The summed E-state index contributed by atoms with van der Waals surface area (Å²) in [6, 6.07) is 25.1. The number of rotatable bonds is 7.